The zero-order valence-electron chi connectivity index (χ0n) is 10.1. The van der Waals surface area contributed by atoms with Crippen molar-refractivity contribution in [2.45, 2.75) is 6.92 Å². The first-order valence-electron chi connectivity index (χ1n) is 5.42. The Morgan fingerprint density at radius 3 is 2.61 bits per heavy atom. The quantitative estimate of drug-likeness (QED) is 0.763. The summed E-state index contributed by atoms with van der Waals surface area (Å²) in [6, 6.07) is 7.76. The summed E-state index contributed by atoms with van der Waals surface area (Å²) in [6.45, 7) is 1.87. The number of hydrogen-bond donors (Lipinski definition) is 0. The molecule has 3 nitrogen and oxygen atoms in total. The van der Waals surface area contributed by atoms with E-state index >= 15 is 0 Å². The second-order valence-corrected chi connectivity index (χ2v) is 3.91. The van der Waals surface area contributed by atoms with Crippen LogP contribution in [0.3, 0.4) is 0 Å². The second kappa shape index (κ2) is 4.96. The highest BCUT2D eigenvalue weighted by Crippen LogP contribution is 2.22. The standard InChI is InChI=1S/C14H12FNO2/c1-9-3-4-10(8-16-9)11-5-12(14(17)18-2)7-13(15)6-11/h3-8H,1-2H3. The minimum absolute atomic E-state index is 0.188. The van der Waals surface area contributed by atoms with Crippen LogP contribution in [0, 0.1) is 12.7 Å². The van der Waals surface area contributed by atoms with Crippen LogP contribution in [0.25, 0.3) is 11.1 Å². The van der Waals surface area contributed by atoms with Gasteiger partial charge in [-0.1, -0.05) is 6.07 Å². The second-order valence-electron chi connectivity index (χ2n) is 3.91. The van der Waals surface area contributed by atoms with Crippen molar-refractivity contribution in [3.63, 3.8) is 0 Å². The molecule has 92 valence electrons. The van der Waals surface area contributed by atoms with Crippen molar-refractivity contribution in [3.8, 4) is 11.1 Å². The van der Waals surface area contributed by atoms with Crippen LogP contribution >= 0.6 is 0 Å². The summed E-state index contributed by atoms with van der Waals surface area (Å²) in [4.78, 5) is 15.5. The van der Waals surface area contributed by atoms with E-state index < -0.39 is 11.8 Å². The van der Waals surface area contributed by atoms with E-state index in [1.165, 1.54) is 13.2 Å². The predicted molar refractivity (Wildman–Crippen MR) is 65.7 cm³/mol. The zero-order valence-corrected chi connectivity index (χ0v) is 10.1. The summed E-state index contributed by atoms with van der Waals surface area (Å²) in [7, 11) is 1.26. The number of nitrogens with zero attached hydrogens (tertiary/aromatic N) is 1. The van der Waals surface area contributed by atoms with Crippen molar-refractivity contribution < 1.29 is 13.9 Å². The van der Waals surface area contributed by atoms with Crippen LogP contribution in [0.15, 0.2) is 36.5 Å². The summed E-state index contributed by atoms with van der Waals surface area (Å²) in [5.41, 5.74) is 2.42. The molecule has 18 heavy (non-hydrogen) atoms. The molecule has 0 bridgehead atoms. The normalized spacial score (nSPS) is 10.2. The fourth-order valence-electron chi connectivity index (χ4n) is 1.63. The maximum atomic E-state index is 13.5. The Balaban J connectivity index is 2.48. The highest BCUT2D eigenvalue weighted by atomic mass is 19.1. The number of rotatable bonds is 2. The molecule has 0 aliphatic carbocycles. The van der Waals surface area contributed by atoms with Crippen LogP contribution in [0.5, 0.6) is 0 Å². The predicted octanol–water partition coefficient (Wildman–Crippen LogP) is 2.98. The van der Waals surface area contributed by atoms with E-state index in [1.807, 2.05) is 19.1 Å². The Morgan fingerprint density at radius 2 is 2.00 bits per heavy atom. The van der Waals surface area contributed by atoms with E-state index in [2.05, 4.69) is 9.72 Å². The van der Waals surface area contributed by atoms with Gasteiger partial charge in [0.05, 0.1) is 12.7 Å². The number of hydrogen-bond acceptors (Lipinski definition) is 3. The molecule has 2 aromatic rings. The monoisotopic (exact) mass is 245 g/mol. The first kappa shape index (κ1) is 12.2. The Kier molecular flexibility index (Phi) is 3.37. The number of methoxy groups -OCH3 is 1. The first-order valence-corrected chi connectivity index (χ1v) is 5.42. The SMILES string of the molecule is COC(=O)c1cc(F)cc(-c2ccc(C)nc2)c1. The van der Waals surface area contributed by atoms with Crippen molar-refractivity contribution in [3.05, 3.63) is 53.6 Å². The van der Waals surface area contributed by atoms with Gasteiger partial charge in [0.25, 0.3) is 0 Å². The molecule has 0 saturated carbocycles. The lowest BCUT2D eigenvalue weighted by molar-refractivity contribution is 0.0600. The van der Waals surface area contributed by atoms with Crippen LogP contribution in [0.2, 0.25) is 0 Å². The molecule has 0 aliphatic heterocycles. The molecule has 0 spiro atoms. The van der Waals surface area contributed by atoms with E-state index in [9.17, 15) is 9.18 Å². The van der Waals surface area contributed by atoms with E-state index in [-0.39, 0.29) is 5.56 Å². The molecule has 0 unspecified atom stereocenters. The van der Waals surface area contributed by atoms with Gasteiger partial charge in [0.1, 0.15) is 5.82 Å². The molecule has 0 radical (unpaired) electrons. The Hall–Kier alpha value is -2.23. The summed E-state index contributed by atoms with van der Waals surface area (Å²) >= 11 is 0. The number of benzene rings is 1. The molecule has 4 heteroatoms. The van der Waals surface area contributed by atoms with Crippen molar-refractivity contribution in [1.29, 1.82) is 0 Å². The van der Waals surface area contributed by atoms with Gasteiger partial charge in [0.2, 0.25) is 0 Å². The molecule has 0 atom stereocenters. The summed E-state index contributed by atoms with van der Waals surface area (Å²) in [5, 5.41) is 0. The van der Waals surface area contributed by atoms with Gasteiger partial charge < -0.3 is 4.74 Å². The Bertz CT molecular complexity index is 579. The Morgan fingerprint density at radius 1 is 1.22 bits per heavy atom. The van der Waals surface area contributed by atoms with Gasteiger partial charge in [-0.05, 0) is 36.8 Å². The van der Waals surface area contributed by atoms with Gasteiger partial charge in [-0.3, -0.25) is 4.98 Å². The van der Waals surface area contributed by atoms with Crippen LogP contribution in [0.4, 0.5) is 4.39 Å². The number of carbonyl (C=O) groups is 1. The van der Waals surface area contributed by atoms with Crippen LogP contribution in [-0.2, 0) is 4.74 Å². The first-order chi connectivity index (χ1) is 8.60. The molecule has 2 rings (SSSR count). The molecule has 1 heterocycles. The lowest BCUT2D eigenvalue weighted by Crippen LogP contribution is -2.02. The third kappa shape index (κ3) is 2.53. The smallest absolute Gasteiger partial charge is 0.337 e. The summed E-state index contributed by atoms with van der Waals surface area (Å²) in [5.74, 6) is -1.04. The van der Waals surface area contributed by atoms with Crippen molar-refractivity contribution in [1.82, 2.24) is 4.98 Å². The average Bonchev–Trinajstić information content (AvgIpc) is 2.38. The number of halogens is 1. The molecule has 0 aliphatic rings. The number of esters is 1. The van der Waals surface area contributed by atoms with E-state index in [0.29, 0.717) is 5.56 Å². The highest BCUT2D eigenvalue weighted by molar-refractivity contribution is 5.91. The maximum absolute atomic E-state index is 13.5. The average molecular weight is 245 g/mol. The van der Waals surface area contributed by atoms with Gasteiger partial charge in [-0.25, -0.2) is 9.18 Å². The number of carbonyl (C=O) groups excluding carboxylic acids is 1. The fourth-order valence-corrected chi connectivity index (χ4v) is 1.63. The van der Waals surface area contributed by atoms with Crippen molar-refractivity contribution in [2.24, 2.45) is 0 Å². The minimum Gasteiger partial charge on any atom is -0.465 e. The lowest BCUT2D eigenvalue weighted by atomic mass is 10.0. The van der Waals surface area contributed by atoms with Crippen LogP contribution < -0.4 is 0 Å². The lowest BCUT2D eigenvalue weighted by Gasteiger charge is -2.05. The van der Waals surface area contributed by atoms with E-state index in [0.717, 1.165) is 17.3 Å². The maximum Gasteiger partial charge on any atom is 0.337 e. The van der Waals surface area contributed by atoms with Gasteiger partial charge in [0.15, 0.2) is 0 Å². The van der Waals surface area contributed by atoms with Gasteiger partial charge in [0, 0.05) is 17.5 Å². The van der Waals surface area contributed by atoms with E-state index in [1.54, 1.807) is 12.3 Å². The molecular weight excluding hydrogens is 233 g/mol. The third-order valence-corrected chi connectivity index (χ3v) is 2.56. The fraction of sp³-hybridized carbons (Fsp3) is 0.143. The summed E-state index contributed by atoms with van der Waals surface area (Å²) in [6.07, 6.45) is 1.64. The van der Waals surface area contributed by atoms with Gasteiger partial charge in [-0.15, -0.1) is 0 Å². The number of aromatic nitrogens is 1. The largest absolute Gasteiger partial charge is 0.465 e. The topological polar surface area (TPSA) is 39.2 Å². The molecule has 0 fully saturated rings. The van der Waals surface area contributed by atoms with Crippen LogP contribution in [0.1, 0.15) is 16.1 Å². The van der Waals surface area contributed by atoms with Gasteiger partial charge >= 0.3 is 5.97 Å². The van der Waals surface area contributed by atoms with Gasteiger partial charge in [-0.2, -0.15) is 0 Å². The molecular formula is C14H12FNO2. The molecule has 1 aromatic heterocycles. The Labute approximate surface area is 104 Å². The van der Waals surface area contributed by atoms with E-state index in [4.69, 9.17) is 0 Å². The summed E-state index contributed by atoms with van der Waals surface area (Å²) < 4.78 is 18.0. The molecule has 0 saturated heterocycles. The van der Waals surface area contributed by atoms with Crippen LogP contribution in [-0.4, -0.2) is 18.1 Å². The van der Waals surface area contributed by atoms with Crippen molar-refractivity contribution in [2.75, 3.05) is 7.11 Å². The number of pyridine rings is 1. The highest BCUT2D eigenvalue weighted by Gasteiger charge is 2.10. The molecule has 0 N–H and O–H groups in total. The molecule has 1 aromatic carbocycles. The number of aryl methyl sites for hydroxylation is 1. The third-order valence-electron chi connectivity index (χ3n) is 2.56. The minimum atomic E-state index is -0.559. The molecule has 0 amide bonds. The zero-order chi connectivity index (χ0) is 13.1. The van der Waals surface area contributed by atoms with Crippen molar-refractivity contribution >= 4 is 5.97 Å². The number of ether oxygens (including phenoxy) is 1.